The molecule has 0 fully saturated rings. The summed E-state index contributed by atoms with van der Waals surface area (Å²) in [5.74, 6) is 0.587. The fourth-order valence-corrected chi connectivity index (χ4v) is 2.56. The summed E-state index contributed by atoms with van der Waals surface area (Å²) >= 11 is 1.40. The summed E-state index contributed by atoms with van der Waals surface area (Å²) in [6.45, 7) is 1.89. The van der Waals surface area contributed by atoms with Crippen molar-refractivity contribution in [3.05, 3.63) is 36.2 Å². The van der Waals surface area contributed by atoms with Gasteiger partial charge in [-0.25, -0.2) is 15.0 Å². The van der Waals surface area contributed by atoms with Gasteiger partial charge in [-0.2, -0.15) is 0 Å². The van der Waals surface area contributed by atoms with Crippen LogP contribution < -0.4 is 5.32 Å². The van der Waals surface area contributed by atoms with Crippen molar-refractivity contribution >= 4 is 28.6 Å². The van der Waals surface area contributed by atoms with Crippen LogP contribution in [0.1, 0.15) is 5.69 Å². The molecule has 0 aliphatic heterocycles. The standard InChI is InChI=1S/C13H12N4OS/c1-8-7-18-13(15-8)19-11-9-5-3-4-6-10(9)16-12(14-2)17-11/h3-7H,1-2H3,(H,14,16,17). The summed E-state index contributed by atoms with van der Waals surface area (Å²) in [5.41, 5.74) is 1.75. The molecule has 1 aromatic carbocycles. The largest absolute Gasteiger partial charge is 0.439 e. The lowest BCUT2D eigenvalue weighted by molar-refractivity contribution is 0.454. The van der Waals surface area contributed by atoms with Gasteiger partial charge in [-0.15, -0.1) is 0 Å². The van der Waals surface area contributed by atoms with Crippen molar-refractivity contribution in [2.75, 3.05) is 12.4 Å². The van der Waals surface area contributed by atoms with Gasteiger partial charge in [0.05, 0.1) is 11.2 Å². The first kappa shape index (κ1) is 12.0. The van der Waals surface area contributed by atoms with Gasteiger partial charge in [0.25, 0.3) is 5.22 Å². The summed E-state index contributed by atoms with van der Waals surface area (Å²) in [7, 11) is 1.80. The normalized spacial score (nSPS) is 10.8. The van der Waals surface area contributed by atoms with E-state index in [2.05, 4.69) is 20.3 Å². The Morgan fingerprint density at radius 2 is 2.00 bits per heavy atom. The molecule has 19 heavy (non-hydrogen) atoms. The number of hydrogen-bond acceptors (Lipinski definition) is 6. The molecule has 2 aromatic heterocycles. The SMILES string of the molecule is CNc1nc(Sc2nc(C)co2)c2ccccc2n1. The second kappa shape index (κ2) is 4.89. The zero-order chi connectivity index (χ0) is 13.2. The molecule has 0 unspecified atom stereocenters. The predicted molar refractivity (Wildman–Crippen MR) is 74.4 cm³/mol. The van der Waals surface area contributed by atoms with E-state index in [4.69, 9.17) is 4.42 Å². The van der Waals surface area contributed by atoms with Gasteiger partial charge in [-0.05, 0) is 24.8 Å². The minimum Gasteiger partial charge on any atom is -0.439 e. The van der Waals surface area contributed by atoms with Gasteiger partial charge in [0, 0.05) is 12.4 Å². The molecular formula is C13H12N4OS. The number of para-hydroxylation sites is 1. The minimum atomic E-state index is 0.586. The number of aromatic nitrogens is 3. The molecule has 2 heterocycles. The van der Waals surface area contributed by atoms with Crippen LogP contribution in [0.2, 0.25) is 0 Å². The van der Waals surface area contributed by atoms with E-state index in [1.165, 1.54) is 11.8 Å². The zero-order valence-electron chi connectivity index (χ0n) is 10.5. The van der Waals surface area contributed by atoms with Crippen LogP contribution in [0.15, 0.2) is 45.2 Å². The van der Waals surface area contributed by atoms with E-state index in [-0.39, 0.29) is 0 Å². The van der Waals surface area contributed by atoms with Crippen LogP contribution in [-0.2, 0) is 0 Å². The number of benzene rings is 1. The Bertz CT molecular complexity index is 725. The van der Waals surface area contributed by atoms with E-state index in [1.54, 1.807) is 13.3 Å². The third-order valence-corrected chi connectivity index (χ3v) is 3.44. The second-order valence-electron chi connectivity index (χ2n) is 3.98. The Morgan fingerprint density at radius 1 is 1.16 bits per heavy atom. The highest BCUT2D eigenvalue weighted by molar-refractivity contribution is 7.99. The quantitative estimate of drug-likeness (QED) is 0.739. The van der Waals surface area contributed by atoms with Crippen LogP contribution in [0.4, 0.5) is 5.95 Å². The first-order chi connectivity index (χ1) is 9.26. The smallest absolute Gasteiger partial charge is 0.262 e. The maximum atomic E-state index is 5.36. The Hall–Kier alpha value is -2.08. The van der Waals surface area contributed by atoms with E-state index in [0.717, 1.165) is 21.6 Å². The zero-order valence-corrected chi connectivity index (χ0v) is 11.4. The molecule has 0 spiro atoms. The van der Waals surface area contributed by atoms with Gasteiger partial charge >= 0.3 is 0 Å². The van der Waals surface area contributed by atoms with Gasteiger partial charge in [0.1, 0.15) is 11.3 Å². The monoisotopic (exact) mass is 272 g/mol. The van der Waals surface area contributed by atoms with Crippen molar-refractivity contribution in [2.24, 2.45) is 0 Å². The van der Waals surface area contributed by atoms with Gasteiger partial charge in [-0.3, -0.25) is 0 Å². The summed E-state index contributed by atoms with van der Waals surface area (Å²) in [4.78, 5) is 13.2. The van der Waals surface area contributed by atoms with Gasteiger partial charge in [0.15, 0.2) is 0 Å². The first-order valence-electron chi connectivity index (χ1n) is 5.81. The van der Waals surface area contributed by atoms with Crippen LogP contribution in [0.25, 0.3) is 10.9 Å². The first-order valence-corrected chi connectivity index (χ1v) is 6.62. The molecule has 0 atom stereocenters. The van der Waals surface area contributed by atoms with E-state index in [0.29, 0.717) is 11.2 Å². The van der Waals surface area contributed by atoms with Crippen molar-refractivity contribution in [1.82, 2.24) is 15.0 Å². The number of aryl methyl sites for hydroxylation is 1. The van der Waals surface area contributed by atoms with E-state index >= 15 is 0 Å². The third-order valence-electron chi connectivity index (χ3n) is 2.57. The molecule has 3 aromatic rings. The molecule has 0 aliphatic rings. The number of nitrogens with zero attached hydrogens (tertiary/aromatic N) is 3. The van der Waals surface area contributed by atoms with E-state index < -0.39 is 0 Å². The number of anilines is 1. The summed E-state index contributed by atoms with van der Waals surface area (Å²) < 4.78 is 5.36. The molecule has 0 radical (unpaired) electrons. The molecule has 0 aliphatic carbocycles. The van der Waals surface area contributed by atoms with Crippen molar-refractivity contribution in [3.63, 3.8) is 0 Å². The highest BCUT2D eigenvalue weighted by atomic mass is 32.2. The Kier molecular flexibility index (Phi) is 3.08. The second-order valence-corrected chi connectivity index (χ2v) is 4.92. The number of hydrogen-bond donors (Lipinski definition) is 1. The van der Waals surface area contributed by atoms with E-state index in [9.17, 15) is 0 Å². The van der Waals surface area contributed by atoms with Crippen LogP contribution in [0, 0.1) is 6.92 Å². The summed E-state index contributed by atoms with van der Waals surface area (Å²) in [6, 6.07) is 7.88. The fourth-order valence-electron chi connectivity index (χ4n) is 1.70. The lowest BCUT2D eigenvalue weighted by Crippen LogP contribution is -1.98. The fraction of sp³-hybridized carbons (Fsp3) is 0.154. The average molecular weight is 272 g/mol. The predicted octanol–water partition coefficient (Wildman–Crippen LogP) is 3.12. The average Bonchev–Trinajstić information content (AvgIpc) is 2.84. The van der Waals surface area contributed by atoms with Crippen LogP contribution in [0.5, 0.6) is 0 Å². The lowest BCUT2D eigenvalue weighted by atomic mass is 10.2. The van der Waals surface area contributed by atoms with Crippen molar-refractivity contribution in [2.45, 2.75) is 17.2 Å². The molecule has 0 saturated heterocycles. The molecule has 1 N–H and O–H groups in total. The molecule has 0 saturated carbocycles. The summed E-state index contributed by atoms with van der Waals surface area (Å²) in [6.07, 6.45) is 1.63. The van der Waals surface area contributed by atoms with Gasteiger partial charge < -0.3 is 9.73 Å². The Morgan fingerprint density at radius 3 is 2.74 bits per heavy atom. The molecule has 96 valence electrons. The minimum absolute atomic E-state index is 0.586. The maximum Gasteiger partial charge on any atom is 0.262 e. The summed E-state index contributed by atoms with van der Waals surface area (Å²) in [5, 5.41) is 5.37. The lowest BCUT2D eigenvalue weighted by Gasteiger charge is -2.05. The van der Waals surface area contributed by atoms with Gasteiger partial charge in [0.2, 0.25) is 5.95 Å². The van der Waals surface area contributed by atoms with Crippen molar-refractivity contribution in [3.8, 4) is 0 Å². The molecule has 0 bridgehead atoms. The van der Waals surface area contributed by atoms with Crippen molar-refractivity contribution in [1.29, 1.82) is 0 Å². The highest BCUT2D eigenvalue weighted by Gasteiger charge is 2.11. The Balaban J connectivity index is 2.10. The number of oxazole rings is 1. The van der Waals surface area contributed by atoms with Gasteiger partial charge in [-0.1, -0.05) is 18.2 Å². The topological polar surface area (TPSA) is 63.8 Å². The Labute approximate surface area is 114 Å². The molecule has 3 rings (SSSR count). The molecule has 0 amide bonds. The van der Waals surface area contributed by atoms with Crippen LogP contribution in [0.3, 0.4) is 0 Å². The van der Waals surface area contributed by atoms with E-state index in [1.807, 2.05) is 31.2 Å². The van der Waals surface area contributed by atoms with Crippen LogP contribution in [-0.4, -0.2) is 22.0 Å². The number of nitrogens with one attached hydrogen (secondary N) is 1. The third kappa shape index (κ3) is 2.39. The molecular weight excluding hydrogens is 260 g/mol. The maximum absolute atomic E-state index is 5.36. The van der Waals surface area contributed by atoms with Crippen LogP contribution >= 0.6 is 11.8 Å². The van der Waals surface area contributed by atoms with Crippen molar-refractivity contribution < 1.29 is 4.42 Å². The molecule has 6 heteroatoms. The number of rotatable bonds is 3. The molecule has 5 nitrogen and oxygen atoms in total. The highest BCUT2D eigenvalue weighted by Crippen LogP contribution is 2.31. The number of fused-ring (bicyclic) bond motifs is 1.